The Balaban J connectivity index is 1.46. The molecule has 31 heavy (non-hydrogen) atoms. The molecule has 0 saturated carbocycles. The van der Waals surface area contributed by atoms with Gasteiger partial charge in [0, 0.05) is 18.0 Å². The van der Waals surface area contributed by atoms with Crippen LogP contribution in [0, 0.1) is 0 Å². The Morgan fingerprint density at radius 3 is 2.39 bits per heavy atom. The van der Waals surface area contributed by atoms with Gasteiger partial charge in [0.05, 0.1) is 32.8 Å². The average Bonchev–Trinajstić information content (AvgIpc) is 3.26. The van der Waals surface area contributed by atoms with Crippen molar-refractivity contribution in [2.45, 2.75) is 38.0 Å². The molecule has 2 aliphatic rings. The topological polar surface area (TPSA) is 62.8 Å². The van der Waals surface area contributed by atoms with Gasteiger partial charge in [-0.05, 0) is 51.4 Å². The fraction of sp³-hybridized carbons (Fsp3) is 0.636. The molecular formula is C22H31F2N5O2. The Bertz CT molecular complexity index is 897. The highest BCUT2D eigenvalue weighted by Gasteiger charge is 2.45. The highest BCUT2D eigenvalue weighted by Crippen LogP contribution is 2.37. The molecule has 2 fully saturated rings. The Kier molecular flexibility index (Phi) is 6.60. The van der Waals surface area contributed by atoms with Gasteiger partial charge in [-0.3, -0.25) is 0 Å². The normalized spacial score (nSPS) is 18.3. The predicted molar refractivity (Wildman–Crippen MR) is 118 cm³/mol. The number of aromatic nitrogens is 2. The monoisotopic (exact) mass is 435 g/mol. The molecule has 1 N–H and O–H groups in total. The molecule has 3 heterocycles. The number of hydrogen-bond donors (Lipinski definition) is 1. The van der Waals surface area contributed by atoms with Crippen molar-refractivity contribution in [2.75, 3.05) is 63.7 Å². The van der Waals surface area contributed by atoms with Crippen LogP contribution in [0.1, 0.15) is 32.1 Å². The molecule has 0 radical (unpaired) electrons. The molecule has 0 unspecified atom stereocenters. The summed E-state index contributed by atoms with van der Waals surface area (Å²) in [5.74, 6) is -0.617. The molecule has 2 aromatic rings. The summed E-state index contributed by atoms with van der Waals surface area (Å²) < 4.78 is 37.6. The summed E-state index contributed by atoms with van der Waals surface area (Å²) in [7, 11) is 3.14. The van der Waals surface area contributed by atoms with Gasteiger partial charge in [0.2, 0.25) is 5.95 Å². The molecule has 0 amide bonds. The number of ether oxygens (including phenoxy) is 2. The standard InChI is InChI=1S/C22H31F2N5O2/c1-30-18-12-16-17(13-19(18)31-2)26-21(29-14-22(23,24)15-29)27-20(16)25-8-4-3-5-9-28-10-6-7-11-28/h12-13H,3-11,14-15H2,1-2H3,(H,25,26,27). The number of hydrogen-bond acceptors (Lipinski definition) is 7. The maximum Gasteiger partial charge on any atom is 0.282 e. The molecule has 4 rings (SSSR count). The number of benzene rings is 1. The number of nitrogens with zero attached hydrogens (tertiary/aromatic N) is 4. The lowest BCUT2D eigenvalue weighted by Crippen LogP contribution is -2.57. The first kappa shape index (κ1) is 21.8. The van der Waals surface area contributed by atoms with E-state index >= 15 is 0 Å². The number of halogens is 2. The van der Waals surface area contributed by atoms with Crippen LogP contribution in [-0.2, 0) is 0 Å². The highest BCUT2D eigenvalue weighted by atomic mass is 19.3. The summed E-state index contributed by atoms with van der Waals surface area (Å²) in [5, 5.41) is 4.18. The number of rotatable bonds is 10. The fourth-order valence-corrected chi connectivity index (χ4v) is 4.22. The molecule has 1 aromatic carbocycles. The van der Waals surface area contributed by atoms with E-state index in [1.807, 2.05) is 6.07 Å². The number of fused-ring (bicyclic) bond motifs is 1. The molecule has 2 aliphatic heterocycles. The molecule has 9 heteroatoms. The van der Waals surface area contributed by atoms with Crippen LogP contribution in [0.5, 0.6) is 11.5 Å². The van der Waals surface area contributed by atoms with Gasteiger partial charge >= 0.3 is 0 Å². The third-order valence-corrected chi connectivity index (χ3v) is 5.96. The van der Waals surface area contributed by atoms with Crippen LogP contribution in [-0.4, -0.2) is 74.3 Å². The van der Waals surface area contributed by atoms with Gasteiger partial charge in [-0.2, -0.15) is 4.98 Å². The van der Waals surface area contributed by atoms with Crippen molar-refractivity contribution >= 4 is 22.7 Å². The van der Waals surface area contributed by atoms with Gasteiger partial charge in [0.1, 0.15) is 5.82 Å². The Morgan fingerprint density at radius 2 is 1.71 bits per heavy atom. The Hall–Kier alpha value is -2.42. The minimum absolute atomic E-state index is 0.308. The summed E-state index contributed by atoms with van der Waals surface area (Å²) in [4.78, 5) is 13.1. The molecule has 0 spiro atoms. The average molecular weight is 436 g/mol. The number of nitrogens with one attached hydrogen (secondary N) is 1. The zero-order chi connectivity index (χ0) is 21.8. The zero-order valence-electron chi connectivity index (χ0n) is 18.3. The Labute approximate surface area is 181 Å². The summed E-state index contributed by atoms with van der Waals surface area (Å²) in [6.07, 6.45) is 5.98. The van der Waals surface area contributed by atoms with Crippen molar-refractivity contribution in [3.8, 4) is 11.5 Å². The van der Waals surface area contributed by atoms with Crippen LogP contribution in [0.4, 0.5) is 20.5 Å². The summed E-state index contributed by atoms with van der Waals surface area (Å²) >= 11 is 0. The van der Waals surface area contributed by atoms with Crippen molar-refractivity contribution < 1.29 is 18.3 Å². The van der Waals surface area contributed by atoms with Crippen molar-refractivity contribution in [3.05, 3.63) is 12.1 Å². The quantitative estimate of drug-likeness (QED) is 0.570. The van der Waals surface area contributed by atoms with Gasteiger partial charge in [0.15, 0.2) is 11.5 Å². The van der Waals surface area contributed by atoms with E-state index in [4.69, 9.17) is 9.47 Å². The third kappa shape index (κ3) is 5.08. The Morgan fingerprint density at radius 1 is 1.00 bits per heavy atom. The molecule has 1 aromatic heterocycles. The first-order valence-corrected chi connectivity index (χ1v) is 11.0. The van der Waals surface area contributed by atoms with Crippen LogP contribution in [0.25, 0.3) is 10.9 Å². The van der Waals surface area contributed by atoms with E-state index in [-0.39, 0.29) is 13.1 Å². The first-order chi connectivity index (χ1) is 15.0. The molecule has 7 nitrogen and oxygen atoms in total. The number of methoxy groups -OCH3 is 2. The van der Waals surface area contributed by atoms with Gasteiger partial charge in [-0.25, -0.2) is 13.8 Å². The molecular weight excluding hydrogens is 404 g/mol. The van der Waals surface area contributed by atoms with Gasteiger partial charge in [-0.1, -0.05) is 6.42 Å². The molecule has 0 atom stereocenters. The van der Waals surface area contributed by atoms with E-state index in [1.54, 1.807) is 20.3 Å². The van der Waals surface area contributed by atoms with Gasteiger partial charge in [-0.15, -0.1) is 0 Å². The number of unbranched alkanes of at least 4 members (excludes halogenated alkanes) is 2. The van der Waals surface area contributed by atoms with Crippen LogP contribution in [0.2, 0.25) is 0 Å². The van der Waals surface area contributed by atoms with Gasteiger partial charge in [0.25, 0.3) is 5.92 Å². The fourth-order valence-electron chi connectivity index (χ4n) is 4.22. The van der Waals surface area contributed by atoms with E-state index in [9.17, 15) is 8.78 Å². The smallest absolute Gasteiger partial charge is 0.282 e. The van der Waals surface area contributed by atoms with Crippen molar-refractivity contribution in [3.63, 3.8) is 0 Å². The van der Waals surface area contributed by atoms with E-state index in [1.165, 1.54) is 43.8 Å². The summed E-state index contributed by atoms with van der Waals surface area (Å²) in [6, 6.07) is 3.59. The lowest BCUT2D eigenvalue weighted by molar-refractivity contribution is -0.0271. The van der Waals surface area contributed by atoms with E-state index in [0.29, 0.717) is 28.8 Å². The third-order valence-electron chi connectivity index (χ3n) is 5.96. The minimum Gasteiger partial charge on any atom is -0.493 e. The molecule has 170 valence electrons. The first-order valence-electron chi connectivity index (χ1n) is 11.0. The number of alkyl halides is 2. The van der Waals surface area contributed by atoms with Crippen LogP contribution in [0.3, 0.4) is 0 Å². The SMILES string of the molecule is COc1cc2nc(N3CC(F)(F)C3)nc(NCCCCCN3CCCC3)c2cc1OC. The van der Waals surface area contributed by atoms with E-state index in [0.717, 1.165) is 24.8 Å². The second-order valence-corrected chi connectivity index (χ2v) is 8.34. The molecule has 0 bridgehead atoms. The van der Waals surface area contributed by atoms with Crippen LogP contribution < -0.4 is 19.7 Å². The maximum atomic E-state index is 13.4. The van der Waals surface area contributed by atoms with Crippen LogP contribution in [0.15, 0.2) is 12.1 Å². The lowest BCUT2D eigenvalue weighted by atomic mass is 10.1. The van der Waals surface area contributed by atoms with Crippen molar-refractivity contribution in [1.82, 2.24) is 14.9 Å². The summed E-state index contributed by atoms with van der Waals surface area (Å²) in [5.41, 5.74) is 0.634. The van der Waals surface area contributed by atoms with E-state index in [2.05, 4.69) is 20.2 Å². The minimum atomic E-state index is -2.68. The maximum absolute atomic E-state index is 13.4. The van der Waals surface area contributed by atoms with Crippen molar-refractivity contribution in [2.24, 2.45) is 0 Å². The highest BCUT2D eigenvalue weighted by molar-refractivity contribution is 5.92. The summed E-state index contributed by atoms with van der Waals surface area (Å²) in [6.45, 7) is 3.67. The number of likely N-dealkylation sites (tertiary alicyclic amines) is 1. The number of anilines is 2. The predicted octanol–water partition coefficient (Wildman–Crippen LogP) is 3.78. The van der Waals surface area contributed by atoms with Crippen molar-refractivity contribution in [1.29, 1.82) is 0 Å². The second-order valence-electron chi connectivity index (χ2n) is 8.34. The zero-order valence-corrected chi connectivity index (χ0v) is 18.3. The van der Waals surface area contributed by atoms with E-state index < -0.39 is 5.92 Å². The second kappa shape index (κ2) is 9.38. The largest absolute Gasteiger partial charge is 0.493 e. The molecule has 0 aliphatic carbocycles. The van der Waals surface area contributed by atoms with Gasteiger partial charge < -0.3 is 24.6 Å². The lowest BCUT2D eigenvalue weighted by Gasteiger charge is -2.38. The molecule has 2 saturated heterocycles. The van der Waals surface area contributed by atoms with Crippen LogP contribution >= 0.6 is 0 Å².